The number of rotatable bonds is 5. The second-order valence-electron chi connectivity index (χ2n) is 7.40. The van der Waals surface area contributed by atoms with Crippen molar-refractivity contribution in [2.45, 2.75) is 13.8 Å². The van der Waals surface area contributed by atoms with Crippen molar-refractivity contribution in [3.05, 3.63) is 99.5 Å². The van der Waals surface area contributed by atoms with Crippen molar-refractivity contribution in [3.63, 3.8) is 0 Å². The van der Waals surface area contributed by atoms with Crippen LogP contribution in [0.2, 0.25) is 0 Å². The lowest BCUT2D eigenvalue weighted by Gasteiger charge is -2.11. The Morgan fingerprint density at radius 3 is 2.35 bits per heavy atom. The summed E-state index contributed by atoms with van der Waals surface area (Å²) in [7, 11) is 0. The van der Waals surface area contributed by atoms with Gasteiger partial charge in [-0.1, -0.05) is 76.1 Å². The predicted octanol–water partition coefficient (Wildman–Crippen LogP) is 6.32. The van der Waals surface area contributed by atoms with Gasteiger partial charge in [-0.25, -0.2) is 9.78 Å². The molecule has 0 fully saturated rings. The van der Waals surface area contributed by atoms with Crippen molar-refractivity contribution in [1.29, 1.82) is 0 Å². The molecule has 4 rings (SSSR count). The summed E-state index contributed by atoms with van der Waals surface area (Å²) in [6.45, 7) is 3.59. The molecule has 0 saturated carbocycles. The van der Waals surface area contributed by atoms with E-state index in [9.17, 15) is 9.59 Å². The Bertz CT molecular complexity index is 1280. The van der Waals surface area contributed by atoms with Crippen LogP contribution < -0.4 is 0 Å². The topological polar surface area (TPSA) is 56.3 Å². The molecule has 3 aromatic carbocycles. The summed E-state index contributed by atoms with van der Waals surface area (Å²) < 4.78 is 6.37. The van der Waals surface area contributed by atoms with Crippen LogP contribution in [0, 0.1) is 13.8 Å². The Hall–Kier alpha value is -3.31. The third-order valence-electron chi connectivity index (χ3n) is 5.11. The number of hydrogen-bond donors (Lipinski definition) is 0. The number of carbonyl (C=O) groups excluding carboxylic acids is 2. The third kappa shape index (κ3) is 4.57. The number of pyridine rings is 1. The van der Waals surface area contributed by atoms with Crippen LogP contribution in [0.3, 0.4) is 0 Å². The van der Waals surface area contributed by atoms with Crippen LogP contribution in [0.5, 0.6) is 0 Å². The molecule has 0 aliphatic rings. The molecule has 1 heterocycles. The Balaban J connectivity index is 1.67. The maximum absolute atomic E-state index is 13.0. The zero-order valence-corrected chi connectivity index (χ0v) is 18.8. The molecule has 0 radical (unpaired) electrons. The highest BCUT2D eigenvalue weighted by atomic mass is 79.9. The number of aromatic nitrogens is 1. The summed E-state index contributed by atoms with van der Waals surface area (Å²) in [5.41, 5.74) is 5.23. The minimum absolute atomic E-state index is 0.240. The number of benzene rings is 3. The number of nitrogens with zero attached hydrogens (tertiary/aromatic N) is 1. The number of ketones is 1. The molecule has 0 saturated heterocycles. The van der Waals surface area contributed by atoms with Crippen LogP contribution >= 0.6 is 15.9 Å². The van der Waals surface area contributed by atoms with E-state index in [1.807, 2.05) is 68.4 Å². The van der Waals surface area contributed by atoms with Gasteiger partial charge < -0.3 is 4.74 Å². The number of fused-ring (bicyclic) bond motifs is 1. The van der Waals surface area contributed by atoms with Gasteiger partial charge in [0.25, 0.3) is 0 Å². The van der Waals surface area contributed by atoms with E-state index in [0.29, 0.717) is 22.2 Å². The fourth-order valence-corrected chi connectivity index (χ4v) is 3.63. The van der Waals surface area contributed by atoms with Crippen molar-refractivity contribution in [2.75, 3.05) is 6.61 Å². The fourth-order valence-electron chi connectivity index (χ4n) is 3.36. The summed E-state index contributed by atoms with van der Waals surface area (Å²) in [5.74, 6) is -0.784. The summed E-state index contributed by atoms with van der Waals surface area (Å²) in [6.07, 6.45) is 0. The molecule has 31 heavy (non-hydrogen) atoms. The van der Waals surface area contributed by atoms with E-state index in [-0.39, 0.29) is 12.4 Å². The van der Waals surface area contributed by atoms with Gasteiger partial charge >= 0.3 is 5.97 Å². The van der Waals surface area contributed by atoms with Gasteiger partial charge in [-0.2, -0.15) is 0 Å². The Morgan fingerprint density at radius 2 is 1.65 bits per heavy atom. The number of ether oxygens (including phenoxy) is 1. The summed E-state index contributed by atoms with van der Waals surface area (Å²) in [4.78, 5) is 30.2. The number of esters is 1. The lowest BCUT2D eigenvalue weighted by molar-refractivity contribution is 0.0476. The lowest BCUT2D eigenvalue weighted by Crippen LogP contribution is -2.15. The first-order chi connectivity index (χ1) is 14.9. The van der Waals surface area contributed by atoms with Crippen molar-refractivity contribution < 1.29 is 14.3 Å². The monoisotopic (exact) mass is 473 g/mol. The standard InChI is InChI=1S/C26H20BrNO3/c1-16-6-8-19(9-7-16)24(29)15-31-26(30)22-14-23(18-10-12-20(27)13-11-18)28-25-17(2)4-3-5-21(22)25/h3-14H,15H2,1-2H3. The molecule has 0 bridgehead atoms. The second kappa shape index (κ2) is 8.82. The smallest absolute Gasteiger partial charge is 0.339 e. The van der Waals surface area contributed by atoms with Crippen molar-refractivity contribution >= 4 is 38.6 Å². The Labute approximate surface area is 189 Å². The zero-order valence-electron chi connectivity index (χ0n) is 17.2. The largest absolute Gasteiger partial charge is 0.454 e. The second-order valence-corrected chi connectivity index (χ2v) is 8.31. The molecule has 0 aliphatic heterocycles. The highest BCUT2D eigenvalue weighted by molar-refractivity contribution is 9.10. The third-order valence-corrected chi connectivity index (χ3v) is 5.64. The molecule has 0 atom stereocenters. The molecule has 0 N–H and O–H groups in total. The van der Waals surface area contributed by atoms with E-state index in [4.69, 9.17) is 9.72 Å². The van der Waals surface area contributed by atoms with E-state index >= 15 is 0 Å². The SMILES string of the molecule is Cc1ccc(C(=O)COC(=O)c2cc(-c3ccc(Br)cc3)nc3c(C)cccc23)cc1. The van der Waals surface area contributed by atoms with Crippen LogP contribution in [-0.4, -0.2) is 23.3 Å². The van der Waals surface area contributed by atoms with Crippen LogP contribution in [0.4, 0.5) is 0 Å². The summed E-state index contributed by atoms with van der Waals surface area (Å²) >= 11 is 3.44. The summed E-state index contributed by atoms with van der Waals surface area (Å²) in [6, 6.07) is 22.3. The quantitative estimate of drug-likeness (QED) is 0.251. The zero-order chi connectivity index (χ0) is 22.0. The van der Waals surface area contributed by atoms with Gasteiger partial charge in [-0.15, -0.1) is 0 Å². The van der Waals surface area contributed by atoms with Crippen LogP contribution in [0.1, 0.15) is 31.8 Å². The highest BCUT2D eigenvalue weighted by Crippen LogP contribution is 2.28. The number of hydrogen-bond acceptors (Lipinski definition) is 4. The molecule has 154 valence electrons. The van der Waals surface area contributed by atoms with Gasteiger partial charge in [0, 0.05) is 21.0 Å². The first-order valence-electron chi connectivity index (χ1n) is 9.85. The van der Waals surface area contributed by atoms with Gasteiger partial charge in [0.2, 0.25) is 0 Å². The number of aryl methyl sites for hydroxylation is 2. The molecule has 0 amide bonds. The molecule has 4 nitrogen and oxygen atoms in total. The molecular weight excluding hydrogens is 454 g/mol. The van der Waals surface area contributed by atoms with Crippen LogP contribution in [0.15, 0.2) is 77.3 Å². The molecule has 1 aromatic heterocycles. The first-order valence-corrected chi connectivity index (χ1v) is 10.6. The van der Waals surface area contributed by atoms with E-state index in [1.165, 1.54) is 0 Å². The fraction of sp³-hybridized carbons (Fsp3) is 0.115. The predicted molar refractivity (Wildman–Crippen MR) is 125 cm³/mol. The van der Waals surface area contributed by atoms with Crippen LogP contribution in [-0.2, 0) is 4.74 Å². The number of halogens is 1. The Kier molecular flexibility index (Phi) is 5.96. The van der Waals surface area contributed by atoms with E-state index < -0.39 is 5.97 Å². The lowest BCUT2D eigenvalue weighted by atomic mass is 10.0. The molecule has 0 aliphatic carbocycles. The van der Waals surface area contributed by atoms with Crippen molar-refractivity contribution in [1.82, 2.24) is 4.98 Å². The molecule has 4 aromatic rings. The minimum Gasteiger partial charge on any atom is -0.454 e. The maximum atomic E-state index is 13.0. The molecule has 0 spiro atoms. The molecule has 5 heteroatoms. The highest BCUT2D eigenvalue weighted by Gasteiger charge is 2.18. The van der Waals surface area contributed by atoms with Gasteiger partial charge in [0.15, 0.2) is 12.4 Å². The normalized spacial score (nSPS) is 10.8. The van der Waals surface area contributed by atoms with Crippen molar-refractivity contribution in [2.24, 2.45) is 0 Å². The number of Topliss-reactive ketones (excluding diaryl/α,β-unsaturated/α-hetero) is 1. The summed E-state index contributed by atoms with van der Waals surface area (Å²) in [5, 5.41) is 0.702. The van der Waals surface area contributed by atoms with Gasteiger partial charge in [0.05, 0.1) is 16.8 Å². The van der Waals surface area contributed by atoms with Gasteiger partial charge in [0.1, 0.15) is 0 Å². The van der Waals surface area contributed by atoms with E-state index in [1.54, 1.807) is 18.2 Å². The molecule has 0 unspecified atom stereocenters. The maximum Gasteiger partial charge on any atom is 0.339 e. The number of carbonyl (C=O) groups is 2. The minimum atomic E-state index is -0.545. The van der Waals surface area contributed by atoms with E-state index in [0.717, 1.165) is 26.7 Å². The number of para-hydroxylation sites is 1. The Morgan fingerprint density at radius 1 is 0.935 bits per heavy atom. The van der Waals surface area contributed by atoms with Crippen molar-refractivity contribution in [3.8, 4) is 11.3 Å². The first kappa shape index (κ1) is 20.9. The average Bonchev–Trinajstić information content (AvgIpc) is 2.78. The van der Waals surface area contributed by atoms with Gasteiger partial charge in [-0.05, 0) is 37.6 Å². The molecular formula is C26H20BrNO3. The van der Waals surface area contributed by atoms with Gasteiger partial charge in [-0.3, -0.25) is 4.79 Å². The van der Waals surface area contributed by atoms with Crippen LogP contribution in [0.25, 0.3) is 22.2 Å². The van der Waals surface area contributed by atoms with E-state index in [2.05, 4.69) is 15.9 Å². The average molecular weight is 474 g/mol.